The van der Waals surface area contributed by atoms with Gasteiger partial charge in [0.25, 0.3) is 5.91 Å². The maximum atomic E-state index is 11.8. The quantitative estimate of drug-likeness (QED) is 0.829. The van der Waals surface area contributed by atoms with E-state index in [4.69, 9.17) is 4.74 Å². The van der Waals surface area contributed by atoms with Gasteiger partial charge in [0.2, 0.25) is 0 Å². The van der Waals surface area contributed by atoms with E-state index in [9.17, 15) is 4.79 Å². The average molecular weight is 244 g/mol. The van der Waals surface area contributed by atoms with E-state index in [1.807, 2.05) is 38.1 Å². The normalized spacial score (nSPS) is 17.0. The Labute approximate surface area is 106 Å². The third kappa shape index (κ3) is 2.42. The Kier molecular flexibility index (Phi) is 3.46. The Morgan fingerprint density at radius 3 is 2.67 bits per heavy atom. The number of nitrogens with zero attached hydrogens (tertiary/aromatic N) is 1. The number of aliphatic imine (C=N–C) groups is 1. The second kappa shape index (κ2) is 5.04. The molecule has 0 atom stereocenters. The van der Waals surface area contributed by atoms with Crippen molar-refractivity contribution in [3.63, 3.8) is 0 Å². The lowest BCUT2D eigenvalue weighted by Gasteiger charge is -2.03. The number of para-hydroxylation sites is 1. The van der Waals surface area contributed by atoms with E-state index >= 15 is 0 Å². The number of methoxy groups -OCH3 is 1. The predicted molar refractivity (Wildman–Crippen MR) is 71.4 cm³/mol. The first kappa shape index (κ1) is 12.4. The molecule has 18 heavy (non-hydrogen) atoms. The molecule has 94 valence electrons. The van der Waals surface area contributed by atoms with Gasteiger partial charge < -0.3 is 10.1 Å². The fraction of sp³-hybridized carbons (Fsp3) is 0.286. The lowest BCUT2D eigenvalue weighted by molar-refractivity contribution is -0.115. The van der Waals surface area contributed by atoms with Gasteiger partial charge in [-0.05, 0) is 12.1 Å². The van der Waals surface area contributed by atoms with Crippen LogP contribution < -0.4 is 10.1 Å². The zero-order valence-electron chi connectivity index (χ0n) is 10.7. The largest absolute Gasteiger partial charge is 0.496 e. The molecule has 0 aliphatic carbocycles. The number of amides is 1. The molecule has 0 radical (unpaired) electrons. The van der Waals surface area contributed by atoms with E-state index in [0.717, 1.165) is 11.3 Å². The molecule has 0 unspecified atom stereocenters. The summed E-state index contributed by atoms with van der Waals surface area (Å²) >= 11 is 0. The highest BCUT2D eigenvalue weighted by Crippen LogP contribution is 2.22. The molecule has 1 aliphatic heterocycles. The monoisotopic (exact) mass is 244 g/mol. The molecule has 0 bridgehead atoms. The first-order valence-corrected chi connectivity index (χ1v) is 5.86. The third-order valence-corrected chi connectivity index (χ3v) is 2.69. The van der Waals surface area contributed by atoms with E-state index < -0.39 is 0 Å². The van der Waals surface area contributed by atoms with Crippen LogP contribution in [0.5, 0.6) is 5.75 Å². The van der Waals surface area contributed by atoms with Gasteiger partial charge >= 0.3 is 0 Å². The van der Waals surface area contributed by atoms with Gasteiger partial charge in [0.05, 0.1) is 7.11 Å². The van der Waals surface area contributed by atoms with Crippen molar-refractivity contribution in [1.82, 2.24) is 5.32 Å². The summed E-state index contributed by atoms with van der Waals surface area (Å²) in [4.78, 5) is 16.1. The molecule has 0 fully saturated rings. The zero-order valence-corrected chi connectivity index (χ0v) is 10.7. The number of hydrogen-bond acceptors (Lipinski definition) is 3. The third-order valence-electron chi connectivity index (χ3n) is 2.69. The van der Waals surface area contributed by atoms with Crippen LogP contribution in [-0.4, -0.2) is 18.9 Å². The summed E-state index contributed by atoms with van der Waals surface area (Å²) in [7, 11) is 1.61. The van der Waals surface area contributed by atoms with Crippen LogP contribution in [0.1, 0.15) is 19.4 Å². The van der Waals surface area contributed by atoms with E-state index in [1.165, 1.54) is 0 Å². The Morgan fingerprint density at radius 1 is 1.33 bits per heavy atom. The van der Waals surface area contributed by atoms with Crippen molar-refractivity contribution in [1.29, 1.82) is 0 Å². The molecule has 4 nitrogen and oxygen atoms in total. The minimum Gasteiger partial charge on any atom is -0.496 e. The Balaban J connectivity index is 2.36. The summed E-state index contributed by atoms with van der Waals surface area (Å²) in [6.45, 7) is 3.98. The van der Waals surface area contributed by atoms with Gasteiger partial charge in [0.1, 0.15) is 17.3 Å². The summed E-state index contributed by atoms with van der Waals surface area (Å²) in [5, 5.41) is 2.76. The number of carbonyl (C=O) groups excluding carboxylic acids is 1. The molecular weight excluding hydrogens is 228 g/mol. The molecule has 1 aromatic carbocycles. The minimum absolute atomic E-state index is 0.162. The SMILES string of the molecule is COc1ccccc1/C=C1/N=C(C(C)C)NC1=O. The van der Waals surface area contributed by atoms with Crippen LogP contribution in [0.15, 0.2) is 35.0 Å². The number of rotatable bonds is 3. The van der Waals surface area contributed by atoms with Gasteiger partial charge in [0, 0.05) is 11.5 Å². The van der Waals surface area contributed by atoms with E-state index in [1.54, 1.807) is 13.2 Å². The van der Waals surface area contributed by atoms with Crippen molar-refractivity contribution in [3.05, 3.63) is 35.5 Å². The number of amidine groups is 1. The molecule has 0 saturated heterocycles. The van der Waals surface area contributed by atoms with Crippen LogP contribution in [0, 0.1) is 5.92 Å². The molecule has 4 heteroatoms. The highest BCUT2D eigenvalue weighted by molar-refractivity contribution is 6.14. The maximum Gasteiger partial charge on any atom is 0.275 e. The molecule has 0 spiro atoms. The molecule has 1 heterocycles. The standard InChI is InChI=1S/C14H16N2O2/c1-9(2)13-15-11(14(17)16-13)8-10-6-4-5-7-12(10)18-3/h4-9H,1-3H3,(H,15,16,17)/b11-8+. The first-order chi connectivity index (χ1) is 8.61. The van der Waals surface area contributed by atoms with Crippen LogP contribution in [0.25, 0.3) is 6.08 Å². The second-order valence-electron chi connectivity index (χ2n) is 4.38. The first-order valence-electron chi connectivity index (χ1n) is 5.86. The van der Waals surface area contributed by atoms with Crippen LogP contribution in [0.2, 0.25) is 0 Å². The maximum absolute atomic E-state index is 11.8. The lowest BCUT2D eigenvalue weighted by atomic mass is 10.1. The smallest absolute Gasteiger partial charge is 0.275 e. The van der Waals surface area contributed by atoms with Crippen molar-refractivity contribution in [2.75, 3.05) is 7.11 Å². The number of nitrogens with one attached hydrogen (secondary N) is 1. The molecular formula is C14H16N2O2. The summed E-state index contributed by atoms with van der Waals surface area (Å²) in [6.07, 6.45) is 1.74. The van der Waals surface area contributed by atoms with Gasteiger partial charge in [-0.15, -0.1) is 0 Å². The molecule has 2 rings (SSSR count). The topological polar surface area (TPSA) is 50.7 Å². The van der Waals surface area contributed by atoms with Crippen molar-refractivity contribution < 1.29 is 9.53 Å². The minimum atomic E-state index is -0.162. The molecule has 0 aromatic heterocycles. The zero-order chi connectivity index (χ0) is 13.1. The summed E-state index contributed by atoms with van der Waals surface area (Å²) < 4.78 is 5.24. The van der Waals surface area contributed by atoms with Crippen molar-refractivity contribution in [3.8, 4) is 5.75 Å². The summed E-state index contributed by atoms with van der Waals surface area (Å²) in [6, 6.07) is 7.53. The highest BCUT2D eigenvalue weighted by Gasteiger charge is 2.21. The van der Waals surface area contributed by atoms with Gasteiger partial charge in [-0.1, -0.05) is 32.0 Å². The van der Waals surface area contributed by atoms with E-state index in [-0.39, 0.29) is 11.8 Å². The summed E-state index contributed by atoms with van der Waals surface area (Å²) in [5.41, 5.74) is 1.27. The van der Waals surface area contributed by atoms with Crippen LogP contribution in [0.4, 0.5) is 0 Å². The molecule has 1 aliphatic rings. The molecule has 1 N–H and O–H groups in total. The fourth-order valence-corrected chi connectivity index (χ4v) is 1.69. The van der Waals surface area contributed by atoms with Crippen molar-refractivity contribution >= 4 is 17.8 Å². The lowest BCUT2D eigenvalue weighted by Crippen LogP contribution is -2.27. The second-order valence-corrected chi connectivity index (χ2v) is 4.38. The number of ether oxygens (including phenoxy) is 1. The van der Waals surface area contributed by atoms with Crippen LogP contribution >= 0.6 is 0 Å². The van der Waals surface area contributed by atoms with E-state index in [2.05, 4.69) is 10.3 Å². The van der Waals surface area contributed by atoms with Crippen LogP contribution in [0.3, 0.4) is 0 Å². The molecule has 1 amide bonds. The highest BCUT2D eigenvalue weighted by atomic mass is 16.5. The number of hydrogen-bond donors (Lipinski definition) is 1. The predicted octanol–water partition coefficient (Wildman–Crippen LogP) is 2.22. The van der Waals surface area contributed by atoms with E-state index in [0.29, 0.717) is 11.5 Å². The Bertz CT molecular complexity index is 530. The Morgan fingerprint density at radius 2 is 2.06 bits per heavy atom. The van der Waals surface area contributed by atoms with Gasteiger partial charge in [-0.3, -0.25) is 4.79 Å². The Hall–Kier alpha value is -2.10. The molecule has 1 aromatic rings. The van der Waals surface area contributed by atoms with Crippen LogP contribution in [-0.2, 0) is 4.79 Å². The van der Waals surface area contributed by atoms with Gasteiger partial charge in [-0.25, -0.2) is 4.99 Å². The summed E-state index contributed by atoms with van der Waals surface area (Å²) in [5.74, 6) is 1.48. The van der Waals surface area contributed by atoms with Gasteiger partial charge in [0.15, 0.2) is 0 Å². The van der Waals surface area contributed by atoms with Gasteiger partial charge in [-0.2, -0.15) is 0 Å². The molecule has 0 saturated carbocycles. The number of benzene rings is 1. The van der Waals surface area contributed by atoms with Crippen molar-refractivity contribution in [2.24, 2.45) is 10.9 Å². The number of carbonyl (C=O) groups is 1. The van der Waals surface area contributed by atoms with Crippen molar-refractivity contribution in [2.45, 2.75) is 13.8 Å². The fourth-order valence-electron chi connectivity index (χ4n) is 1.69. The average Bonchev–Trinajstić information content (AvgIpc) is 2.72.